The molecule has 0 aliphatic heterocycles. The molecule has 0 unspecified atom stereocenters. The van der Waals surface area contributed by atoms with Crippen LogP contribution in [0.15, 0.2) is 237 Å². The number of carbonyl (C=O) groups is 2. The molecular formula is C72H43NO2. The predicted octanol–water partition coefficient (Wildman–Crippen LogP) is 17.1. The monoisotopic (exact) mass is 953 g/mol. The molecule has 11 aromatic carbocycles. The number of rotatable bonds is 4. The molecule has 0 fully saturated rings. The van der Waals surface area contributed by atoms with E-state index in [9.17, 15) is 0 Å². The van der Waals surface area contributed by atoms with Crippen molar-refractivity contribution >= 4 is 49.7 Å². The van der Waals surface area contributed by atoms with Gasteiger partial charge in [0.1, 0.15) is 0 Å². The van der Waals surface area contributed by atoms with Crippen LogP contribution in [0, 0.1) is 0 Å². The molecule has 0 atom stereocenters. The van der Waals surface area contributed by atoms with E-state index >= 15 is 9.59 Å². The van der Waals surface area contributed by atoms with Crippen molar-refractivity contribution in [3.63, 3.8) is 0 Å². The van der Waals surface area contributed by atoms with E-state index in [-0.39, 0.29) is 23.4 Å². The zero-order valence-corrected chi connectivity index (χ0v) is 40.6. The van der Waals surface area contributed by atoms with Gasteiger partial charge in [-0.3, -0.25) is 9.59 Å². The van der Waals surface area contributed by atoms with Crippen LogP contribution in [-0.4, -0.2) is 16.0 Å². The third-order valence-corrected chi connectivity index (χ3v) is 17.6. The van der Waals surface area contributed by atoms with Crippen LogP contribution in [0.1, 0.15) is 100 Å². The molecule has 0 spiro atoms. The molecule has 0 N–H and O–H groups in total. The average Bonchev–Trinajstić information content (AvgIpc) is 3.83. The van der Waals surface area contributed by atoms with E-state index in [4.69, 9.17) is 0 Å². The van der Waals surface area contributed by atoms with E-state index < -0.39 is 11.8 Å². The zero-order valence-electron chi connectivity index (χ0n) is 40.6. The van der Waals surface area contributed by atoms with Crippen LogP contribution in [0.25, 0.3) is 82.6 Å². The molecule has 3 nitrogen and oxygen atoms in total. The van der Waals surface area contributed by atoms with Gasteiger partial charge >= 0.3 is 0 Å². The number of Topliss-reactive ketones (excluding diaryl/α,β-unsaturated/α-hetero) is 2. The highest BCUT2D eigenvalue weighted by Gasteiger charge is 2.45. The Morgan fingerprint density at radius 2 is 0.587 bits per heavy atom. The summed E-state index contributed by atoms with van der Waals surface area (Å²) in [5.41, 5.74) is 25.0. The Kier molecular flexibility index (Phi) is 8.25. The van der Waals surface area contributed by atoms with Gasteiger partial charge in [-0.15, -0.1) is 0 Å². The van der Waals surface area contributed by atoms with Gasteiger partial charge < -0.3 is 4.40 Å². The Morgan fingerprint density at radius 3 is 0.960 bits per heavy atom. The Labute approximate surface area is 433 Å². The van der Waals surface area contributed by atoms with Crippen LogP contribution in [0.4, 0.5) is 0 Å². The van der Waals surface area contributed by atoms with Crippen molar-refractivity contribution in [2.45, 2.75) is 23.7 Å². The lowest BCUT2D eigenvalue weighted by Crippen LogP contribution is -2.19. The number of nitrogens with zero attached hydrogens (tertiary/aromatic N) is 1. The fraction of sp³-hybridized carbons (Fsp3) is 0.0556. The summed E-state index contributed by atoms with van der Waals surface area (Å²) in [7, 11) is 0. The molecule has 2 heterocycles. The molecule has 0 saturated carbocycles. The summed E-state index contributed by atoms with van der Waals surface area (Å²) in [5, 5.41) is 4.42. The Morgan fingerprint density at radius 1 is 0.253 bits per heavy atom. The van der Waals surface area contributed by atoms with E-state index in [1.54, 1.807) is 0 Å². The molecule has 4 bridgehead atoms. The number of carbonyl (C=O) groups excluding carboxylic acids is 2. The van der Waals surface area contributed by atoms with Gasteiger partial charge in [0.15, 0.2) is 11.6 Å². The Bertz CT molecular complexity index is 4280. The van der Waals surface area contributed by atoms with Gasteiger partial charge in [-0.1, -0.05) is 188 Å². The minimum Gasteiger partial charge on any atom is -0.308 e. The van der Waals surface area contributed by atoms with Crippen molar-refractivity contribution in [1.82, 2.24) is 4.40 Å². The number of benzene rings is 11. The zero-order chi connectivity index (χ0) is 49.2. The van der Waals surface area contributed by atoms with Crippen molar-refractivity contribution in [2.75, 3.05) is 0 Å². The molecular weight excluding hydrogens is 911 g/mol. The predicted molar refractivity (Wildman–Crippen MR) is 303 cm³/mol. The van der Waals surface area contributed by atoms with Crippen molar-refractivity contribution in [3.8, 4) is 44.5 Å². The average molecular weight is 954 g/mol. The minimum absolute atomic E-state index is 0.109. The second kappa shape index (κ2) is 15.1. The molecule has 19 rings (SSSR count). The van der Waals surface area contributed by atoms with Crippen molar-refractivity contribution in [1.29, 1.82) is 0 Å². The summed E-state index contributed by atoms with van der Waals surface area (Å²) in [6, 6.07) is 85.5. The molecule has 2 aromatic heterocycles. The SMILES string of the molecule is O=C1c2cc3c(cc2C2c4ccccc4C1c1ccccc12)c1cc(-c2c(-c4ccccc4)cc(-c4ccccc4)cc2-c2ccccc2)cc2c4cc5c(cc4n3c12)C(=O)C1c2ccccc2C5c2ccccc21. The largest absolute Gasteiger partial charge is 0.308 e. The summed E-state index contributed by atoms with van der Waals surface area (Å²) in [4.78, 5) is 31.1. The maximum Gasteiger partial charge on any atom is 0.175 e. The highest BCUT2D eigenvalue weighted by molar-refractivity contribution is 6.27. The molecule has 0 radical (unpaired) electrons. The van der Waals surface area contributed by atoms with Gasteiger partial charge in [0.25, 0.3) is 0 Å². The van der Waals surface area contributed by atoms with Crippen LogP contribution in [-0.2, 0) is 0 Å². The van der Waals surface area contributed by atoms with Crippen LogP contribution < -0.4 is 0 Å². The lowest BCUT2D eigenvalue weighted by molar-refractivity contribution is 0.0966. The first-order valence-electron chi connectivity index (χ1n) is 26.2. The van der Waals surface area contributed by atoms with E-state index in [2.05, 4.69) is 241 Å². The van der Waals surface area contributed by atoms with Gasteiger partial charge in [-0.05, 0) is 149 Å². The first-order chi connectivity index (χ1) is 37.1. The maximum atomic E-state index is 15.6. The van der Waals surface area contributed by atoms with E-state index in [1.165, 1.54) is 22.3 Å². The lowest BCUT2D eigenvalue weighted by Gasteiger charge is -2.30. The quantitative estimate of drug-likeness (QED) is 0.176. The van der Waals surface area contributed by atoms with E-state index in [1.807, 2.05) is 0 Å². The van der Waals surface area contributed by atoms with E-state index in [0.29, 0.717) is 0 Å². The summed E-state index contributed by atoms with van der Waals surface area (Å²) < 4.78 is 2.40. The second-order valence-corrected chi connectivity index (χ2v) is 21.2. The Hall–Kier alpha value is -9.44. The summed E-state index contributed by atoms with van der Waals surface area (Å²) >= 11 is 0. The van der Waals surface area contributed by atoms with Crippen molar-refractivity contribution in [2.24, 2.45) is 0 Å². The van der Waals surface area contributed by atoms with Crippen LogP contribution in [0.2, 0.25) is 0 Å². The fourth-order valence-electron chi connectivity index (χ4n) is 14.5. The molecule has 13 aromatic rings. The third kappa shape index (κ3) is 5.49. The maximum absolute atomic E-state index is 15.6. The summed E-state index contributed by atoms with van der Waals surface area (Å²) in [6.07, 6.45) is 0. The highest BCUT2D eigenvalue weighted by Crippen LogP contribution is 2.56. The normalized spacial score (nSPS) is 17.7. The van der Waals surface area contributed by atoms with Gasteiger partial charge in [0.2, 0.25) is 0 Å². The Balaban J connectivity index is 1.03. The van der Waals surface area contributed by atoms with Gasteiger partial charge in [0, 0.05) is 44.5 Å². The summed E-state index contributed by atoms with van der Waals surface area (Å²) in [6.45, 7) is 0. The number of hydrogen-bond donors (Lipinski definition) is 0. The summed E-state index contributed by atoms with van der Waals surface area (Å²) in [5.74, 6) is -0.754. The topological polar surface area (TPSA) is 38.5 Å². The molecule has 3 heteroatoms. The van der Waals surface area contributed by atoms with Crippen molar-refractivity contribution < 1.29 is 9.59 Å². The molecule has 6 aliphatic carbocycles. The first kappa shape index (κ1) is 41.1. The molecule has 75 heavy (non-hydrogen) atoms. The number of fused-ring (bicyclic) bond motifs is 6. The van der Waals surface area contributed by atoms with Crippen LogP contribution >= 0.6 is 0 Å². The van der Waals surface area contributed by atoms with Gasteiger partial charge in [0.05, 0.1) is 28.4 Å². The molecule has 348 valence electrons. The molecule has 0 saturated heterocycles. The molecule has 6 aliphatic rings. The highest BCUT2D eigenvalue weighted by atomic mass is 16.1. The first-order valence-corrected chi connectivity index (χ1v) is 26.2. The van der Waals surface area contributed by atoms with E-state index in [0.717, 1.165) is 127 Å². The van der Waals surface area contributed by atoms with Gasteiger partial charge in [-0.25, -0.2) is 0 Å². The standard InChI is InChI=1S/C72H43NO2/c74-71-61-38-63-55(36-57(61)66-45-24-10-14-28-49(45)68(71)50-29-15-11-25-46(50)66)59-34-44(65-53(41-20-6-2-7-21-41)32-43(40-18-4-1-5-19-40)33-54(65)42-22-8-3-9-23-42)35-60-56-37-58-62(39-64(56)73(63)70(59)60)72(75)69-51-30-16-12-26-47(51)67(58)48-27-13-17-31-52(48)69/h1-39,66-69H. The number of ketones is 2. The lowest BCUT2D eigenvalue weighted by atomic mass is 9.72. The van der Waals surface area contributed by atoms with Crippen LogP contribution in [0.5, 0.6) is 0 Å². The van der Waals surface area contributed by atoms with Crippen LogP contribution in [0.3, 0.4) is 0 Å². The fourth-order valence-corrected chi connectivity index (χ4v) is 14.5. The minimum atomic E-state index is -0.399. The number of hydrogen-bond acceptors (Lipinski definition) is 2. The number of aromatic nitrogens is 1. The van der Waals surface area contributed by atoms with Gasteiger partial charge in [-0.2, -0.15) is 0 Å². The van der Waals surface area contributed by atoms with Crippen molar-refractivity contribution in [3.05, 3.63) is 303 Å². The molecule has 0 amide bonds. The second-order valence-electron chi connectivity index (χ2n) is 21.2. The smallest absolute Gasteiger partial charge is 0.175 e. The third-order valence-electron chi connectivity index (χ3n) is 17.6.